The topological polar surface area (TPSA) is 92.8 Å². The molecule has 1 heterocycles. The Morgan fingerprint density at radius 1 is 1.00 bits per heavy atom. The SMILES string of the molecule is COc1ccc(S(=O)(=O)N[C@H](C)c2ccc(C)c(C)c2)cc1N1C(=O)CCC1=O. The van der Waals surface area contributed by atoms with Crippen molar-refractivity contribution in [1.29, 1.82) is 0 Å². The van der Waals surface area contributed by atoms with Crippen molar-refractivity contribution >= 4 is 27.5 Å². The highest BCUT2D eigenvalue weighted by molar-refractivity contribution is 7.89. The molecule has 7 nitrogen and oxygen atoms in total. The number of amides is 2. The second-order valence-electron chi connectivity index (χ2n) is 7.14. The van der Waals surface area contributed by atoms with Crippen LogP contribution in [-0.4, -0.2) is 27.3 Å². The Labute approximate surface area is 170 Å². The van der Waals surface area contributed by atoms with Crippen molar-refractivity contribution in [2.75, 3.05) is 12.0 Å². The number of carbonyl (C=O) groups is 2. The van der Waals surface area contributed by atoms with Crippen LogP contribution in [0, 0.1) is 13.8 Å². The minimum absolute atomic E-state index is 0.0449. The number of hydrogen-bond donors (Lipinski definition) is 1. The smallest absolute Gasteiger partial charge is 0.241 e. The number of nitrogens with zero attached hydrogens (tertiary/aromatic N) is 1. The highest BCUT2D eigenvalue weighted by Gasteiger charge is 2.33. The Morgan fingerprint density at radius 3 is 2.24 bits per heavy atom. The van der Waals surface area contributed by atoms with Crippen molar-refractivity contribution in [3.05, 3.63) is 53.1 Å². The predicted molar refractivity (Wildman–Crippen MR) is 109 cm³/mol. The molecule has 1 N–H and O–H groups in total. The van der Waals surface area contributed by atoms with Crippen LogP contribution < -0.4 is 14.4 Å². The van der Waals surface area contributed by atoms with E-state index in [2.05, 4.69) is 4.72 Å². The van der Waals surface area contributed by atoms with E-state index >= 15 is 0 Å². The second-order valence-corrected chi connectivity index (χ2v) is 8.86. The van der Waals surface area contributed by atoms with Crippen LogP contribution in [0.3, 0.4) is 0 Å². The lowest BCUT2D eigenvalue weighted by Crippen LogP contribution is -2.30. The van der Waals surface area contributed by atoms with Crippen molar-refractivity contribution in [3.8, 4) is 5.75 Å². The van der Waals surface area contributed by atoms with Crippen molar-refractivity contribution in [3.63, 3.8) is 0 Å². The van der Waals surface area contributed by atoms with Crippen molar-refractivity contribution < 1.29 is 22.7 Å². The van der Waals surface area contributed by atoms with Gasteiger partial charge < -0.3 is 4.74 Å². The number of imide groups is 1. The van der Waals surface area contributed by atoms with Gasteiger partial charge in [0.05, 0.1) is 17.7 Å². The van der Waals surface area contributed by atoms with Crippen LogP contribution in [0.2, 0.25) is 0 Å². The number of anilines is 1. The predicted octanol–water partition coefficient (Wildman–Crippen LogP) is 3.00. The Bertz CT molecular complexity index is 1060. The standard InChI is InChI=1S/C21H24N2O5S/c1-13-5-6-16(11-14(13)2)15(3)22-29(26,27)17-7-8-19(28-4)18(12-17)23-20(24)9-10-21(23)25/h5-8,11-12,15,22H,9-10H2,1-4H3/t15-/m1/s1. The first-order valence-corrected chi connectivity index (χ1v) is 10.8. The quantitative estimate of drug-likeness (QED) is 0.731. The summed E-state index contributed by atoms with van der Waals surface area (Å²) in [7, 11) is -2.50. The summed E-state index contributed by atoms with van der Waals surface area (Å²) < 4.78 is 33.8. The largest absolute Gasteiger partial charge is 0.495 e. The molecule has 2 amide bonds. The van der Waals surface area contributed by atoms with Gasteiger partial charge in [-0.2, -0.15) is 0 Å². The van der Waals surface area contributed by atoms with Crippen molar-refractivity contribution in [2.45, 2.75) is 44.6 Å². The summed E-state index contributed by atoms with van der Waals surface area (Å²) >= 11 is 0. The zero-order chi connectivity index (χ0) is 21.3. The molecule has 0 aliphatic carbocycles. The lowest BCUT2D eigenvalue weighted by molar-refractivity contribution is -0.121. The van der Waals surface area contributed by atoms with Crippen LogP contribution >= 0.6 is 0 Å². The van der Waals surface area contributed by atoms with E-state index in [1.165, 1.54) is 25.3 Å². The Kier molecular flexibility index (Phi) is 5.77. The zero-order valence-electron chi connectivity index (χ0n) is 16.9. The van der Waals surface area contributed by atoms with Gasteiger partial charge in [-0.1, -0.05) is 18.2 Å². The summed E-state index contributed by atoms with van der Waals surface area (Å²) in [5, 5.41) is 0. The lowest BCUT2D eigenvalue weighted by atomic mass is 10.0. The molecule has 2 aromatic carbocycles. The number of nitrogens with one attached hydrogen (secondary N) is 1. The fourth-order valence-electron chi connectivity index (χ4n) is 3.26. The van der Waals surface area contributed by atoms with Crippen LogP contribution in [0.5, 0.6) is 5.75 Å². The van der Waals surface area contributed by atoms with E-state index < -0.39 is 16.1 Å². The maximum atomic E-state index is 13.0. The van der Waals surface area contributed by atoms with E-state index in [-0.39, 0.29) is 41.0 Å². The summed E-state index contributed by atoms with van der Waals surface area (Å²) in [5.74, 6) is -0.492. The number of aryl methyl sites for hydroxylation is 2. The molecule has 29 heavy (non-hydrogen) atoms. The number of carbonyl (C=O) groups excluding carboxylic acids is 2. The van der Waals surface area contributed by atoms with Gasteiger partial charge in [0.1, 0.15) is 5.75 Å². The molecule has 8 heteroatoms. The monoisotopic (exact) mass is 416 g/mol. The van der Waals surface area contributed by atoms with Gasteiger partial charge in [-0.15, -0.1) is 0 Å². The third kappa shape index (κ3) is 4.18. The van der Waals surface area contributed by atoms with Crippen LogP contribution in [0.1, 0.15) is 42.5 Å². The molecule has 154 valence electrons. The lowest BCUT2D eigenvalue weighted by Gasteiger charge is -2.20. The number of benzene rings is 2. The van der Waals surface area contributed by atoms with Gasteiger partial charge in [0.25, 0.3) is 0 Å². The van der Waals surface area contributed by atoms with Gasteiger partial charge in [0, 0.05) is 18.9 Å². The number of rotatable bonds is 6. The average molecular weight is 416 g/mol. The van der Waals surface area contributed by atoms with Crippen LogP contribution in [0.15, 0.2) is 41.3 Å². The van der Waals surface area contributed by atoms with Crippen LogP contribution in [0.25, 0.3) is 0 Å². The molecule has 1 atom stereocenters. The maximum absolute atomic E-state index is 13.0. The minimum atomic E-state index is -3.90. The average Bonchev–Trinajstić information content (AvgIpc) is 3.01. The highest BCUT2D eigenvalue weighted by Crippen LogP contribution is 2.34. The summed E-state index contributed by atoms with van der Waals surface area (Å²) in [4.78, 5) is 25.2. The number of sulfonamides is 1. The van der Waals surface area contributed by atoms with E-state index in [9.17, 15) is 18.0 Å². The summed E-state index contributed by atoms with van der Waals surface area (Å²) in [5.41, 5.74) is 3.19. The van der Waals surface area contributed by atoms with Crippen LogP contribution in [-0.2, 0) is 19.6 Å². The number of ether oxygens (including phenoxy) is 1. The molecule has 1 aliphatic rings. The molecule has 3 rings (SSSR count). The fourth-order valence-corrected chi connectivity index (χ4v) is 4.51. The highest BCUT2D eigenvalue weighted by atomic mass is 32.2. The normalized spacial score (nSPS) is 15.7. The minimum Gasteiger partial charge on any atom is -0.495 e. The van der Waals surface area contributed by atoms with E-state index in [1.54, 1.807) is 6.92 Å². The number of methoxy groups -OCH3 is 1. The number of hydrogen-bond acceptors (Lipinski definition) is 5. The molecule has 0 spiro atoms. The Morgan fingerprint density at radius 2 is 1.66 bits per heavy atom. The van der Waals surface area contributed by atoms with Crippen molar-refractivity contribution in [2.24, 2.45) is 0 Å². The first-order chi connectivity index (χ1) is 13.6. The second kappa shape index (κ2) is 7.96. The summed E-state index contributed by atoms with van der Waals surface area (Å²) in [6, 6.07) is 9.47. The van der Waals surface area contributed by atoms with Gasteiger partial charge in [0.2, 0.25) is 21.8 Å². The van der Waals surface area contributed by atoms with Gasteiger partial charge in [-0.3, -0.25) is 9.59 Å². The third-order valence-electron chi connectivity index (χ3n) is 5.12. The molecular weight excluding hydrogens is 392 g/mol. The van der Waals surface area contributed by atoms with Gasteiger partial charge in [0.15, 0.2) is 0 Å². The molecule has 2 aromatic rings. The molecule has 0 aromatic heterocycles. The van der Waals surface area contributed by atoms with Gasteiger partial charge in [-0.05, 0) is 55.7 Å². The molecule has 0 saturated carbocycles. The van der Waals surface area contributed by atoms with Crippen molar-refractivity contribution in [1.82, 2.24) is 4.72 Å². The molecular formula is C21H24N2O5S. The molecule has 0 unspecified atom stereocenters. The zero-order valence-corrected chi connectivity index (χ0v) is 17.7. The van der Waals surface area contributed by atoms with E-state index in [4.69, 9.17) is 4.74 Å². The van der Waals surface area contributed by atoms with Gasteiger partial charge >= 0.3 is 0 Å². The molecule has 1 fully saturated rings. The van der Waals surface area contributed by atoms with E-state index in [1.807, 2.05) is 32.0 Å². The van der Waals surface area contributed by atoms with E-state index in [0.717, 1.165) is 21.6 Å². The Balaban J connectivity index is 1.94. The summed E-state index contributed by atoms with van der Waals surface area (Å²) in [6.07, 6.45) is 0.196. The maximum Gasteiger partial charge on any atom is 0.241 e. The van der Waals surface area contributed by atoms with Crippen LogP contribution in [0.4, 0.5) is 5.69 Å². The van der Waals surface area contributed by atoms with E-state index in [0.29, 0.717) is 0 Å². The first kappa shape index (κ1) is 21.0. The molecule has 1 aliphatic heterocycles. The molecule has 0 bridgehead atoms. The molecule has 1 saturated heterocycles. The fraction of sp³-hybridized carbons (Fsp3) is 0.333. The molecule has 0 radical (unpaired) electrons. The third-order valence-corrected chi connectivity index (χ3v) is 6.65. The Hall–Kier alpha value is -2.71. The van der Waals surface area contributed by atoms with Gasteiger partial charge in [-0.25, -0.2) is 18.0 Å². The first-order valence-electron chi connectivity index (χ1n) is 9.27. The summed E-state index contributed by atoms with van der Waals surface area (Å²) in [6.45, 7) is 5.73.